The highest BCUT2D eigenvalue weighted by molar-refractivity contribution is 6.76. The van der Waals surface area contributed by atoms with Crippen LogP contribution >= 0.6 is 0 Å². The van der Waals surface area contributed by atoms with Crippen molar-refractivity contribution in [3.05, 3.63) is 46.1 Å². The number of hydrogen-bond donors (Lipinski definition) is 0. The minimum absolute atomic E-state index is 0.0642. The summed E-state index contributed by atoms with van der Waals surface area (Å²) in [4.78, 5) is 24.2. The van der Waals surface area contributed by atoms with E-state index < -0.39 is 19.9 Å². The van der Waals surface area contributed by atoms with Crippen LogP contribution < -0.4 is 5.56 Å². The lowest BCUT2D eigenvalue weighted by Gasteiger charge is -2.16. The van der Waals surface area contributed by atoms with Gasteiger partial charge in [0, 0.05) is 33.5 Å². The van der Waals surface area contributed by atoms with E-state index in [0.717, 1.165) is 12.1 Å². The summed E-state index contributed by atoms with van der Waals surface area (Å²) in [5, 5.41) is 0. The first kappa shape index (κ1) is 20.1. The summed E-state index contributed by atoms with van der Waals surface area (Å²) < 4.78 is 27.5. The zero-order valence-corrected chi connectivity index (χ0v) is 16.8. The molecule has 0 amide bonds. The van der Waals surface area contributed by atoms with E-state index in [0.29, 0.717) is 6.61 Å². The van der Waals surface area contributed by atoms with E-state index in [1.54, 1.807) is 11.7 Å². The maximum atomic E-state index is 14.2. The molecule has 142 valence electrons. The monoisotopic (exact) mass is 380 g/mol. The van der Waals surface area contributed by atoms with Crippen LogP contribution in [0.2, 0.25) is 25.7 Å². The number of carbonyl (C=O) groups is 1. The number of carbonyl (C=O) groups excluding carboxylic acids is 1. The van der Waals surface area contributed by atoms with E-state index in [2.05, 4.69) is 24.4 Å². The van der Waals surface area contributed by atoms with Gasteiger partial charge in [-0.3, -0.25) is 14.2 Å². The van der Waals surface area contributed by atoms with Gasteiger partial charge in [0.25, 0.3) is 5.56 Å². The number of hydrogen-bond acceptors (Lipinski definition) is 4. The summed E-state index contributed by atoms with van der Waals surface area (Å²) in [5.41, 5.74) is 0.0590. The normalized spacial score (nSPS) is 11.6. The average molecular weight is 380 g/mol. The molecule has 1 aromatic heterocycles. The third-order valence-corrected chi connectivity index (χ3v) is 5.79. The molecule has 0 spiro atoms. The summed E-state index contributed by atoms with van der Waals surface area (Å²) in [6.45, 7) is 7.60. The van der Waals surface area contributed by atoms with Gasteiger partial charge in [-0.15, -0.1) is 0 Å². The van der Waals surface area contributed by atoms with Gasteiger partial charge in [0.05, 0.1) is 18.2 Å². The van der Waals surface area contributed by atoms with Crippen LogP contribution in [0, 0.1) is 5.82 Å². The van der Waals surface area contributed by atoms with E-state index in [1.807, 2.05) is 0 Å². The summed E-state index contributed by atoms with van der Waals surface area (Å²) >= 11 is 0. The fourth-order valence-electron chi connectivity index (χ4n) is 2.40. The molecule has 26 heavy (non-hydrogen) atoms. The minimum Gasteiger partial charge on any atom is -0.465 e. The Hall–Kier alpha value is -2.19. The number of aromatic nitrogens is 2. The first-order chi connectivity index (χ1) is 12.1. The molecule has 2 rings (SSSR count). The molecule has 1 aromatic carbocycles. The molecule has 0 atom stereocenters. The van der Waals surface area contributed by atoms with Gasteiger partial charge < -0.3 is 9.47 Å². The molecule has 0 radical (unpaired) electrons. The van der Waals surface area contributed by atoms with Gasteiger partial charge in [-0.25, -0.2) is 9.18 Å². The largest absolute Gasteiger partial charge is 0.465 e. The van der Waals surface area contributed by atoms with Gasteiger partial charge >= 0.3 is 5.97 Å². The molecular weight excluding hydrogens is 355 g/mol. The first-order valence-electron chi connectivity index (χ1n) is 8.36. The van der Waals surface area contributed by atoms with Crippen LogP contribution in [0.3, 0.4) is 0 Å². The number of nitrogens with zero attached hydrogens (tertiary/aromatic N) is 2. The van der Waals surface area contributed by atoms with Crippen molar-refractivity contribution in [2.45, 2.75) is 32.4 Å². The topological polar surface area (TPSA) is 62.5 Å². The van der Waals surface area contributed by atoms with Gasteiger partial charge in [-0.2, -0.15) is 0 Å². The molecule has 2 aromatic rings. The fourth-order valence-corrected chi connectivity index (χ4v) is 3.16. The Bertz CT molecular complexity index is 852. The second-order valence-electron chi connectivity index (χ2n) is 7.35. The van der Waals surface area contributed by atoms with Crippen LogP contribution in [-0.2, 0) is 23.3 Å². The Balaban J connectivity index is 2.26. The van der Waals surface area contributed by atoms with Crippen molar-refractivity contribution in [3.63, 3.8) is 0 Å². The van der Waals surface area contributed by atoms with E-state index in [9.17, 15) is 14.0 Å². The van der Waals surface area contributed by atoms with Gasteiger partial charge in [0.15, 0.2) is 0 Å². The Morgan fingerprint density at radius 2 is 1.92 bits per heavy atom. The Morgan fingerprint density at radius 1 is 1.23 bits per heavy atom. The lowest BCUT2D eigenvalue weighted by atomic mass is 10.1. The van der Waals surface area contributed by atoms with Crippen molar-refractivity contribution in [1.82, 2.24) is 9.36 Å². The highest BCUT2D eigenvalue weighted by atomic mass is 28.3. The molecular formula is C18H25FN2O4Si. The lowest BCUT2D eigenvalue weighted by Crippen LogP contribution is -2.24. The molecule has 1 heterocycles. The Kier molecular flexibility index (Phi) is 6.20. The number of methoxy groups -OCH3 is 1. The molecule has 8 heteroatoms. The van der Waals surface area contributed by atoms with Crippen molar-refractivity contribution in [2.75, 3.05) is 13.7 Å². The van der Waals surface area contributed by atoms with Crippen LogP contribution in [0.4, 0.5) is 4.39 Å². The van der Waals surface area contributed by atoms with Crippen LogP contribution in [0.25, 0.3) is 11.1 Å². The zero-order valence-electron chi connectivity index (χ0n) is 15.8. The predicted octanol–water partition coefficient (Wildman–Crippen LogP) is 3.09. The minimum atomic E-state index is -1.19. The second kappa shape index (κ2) is 8.01. The van der Waals surface area contributed by atoms with Gasteiger partial charge in [-0.05, 0) is 24.2 Å². The first-order valence-corrected chi connectivity index (χ1v) is 12.1. The van der Waals surface area contributed by atoms with Crippen molar-refractivity contribution in [2.24, 2.45) is 7.05 Å². The summed E-state index contributed by atoms with van der Waals surface area (Å²) in [6, 6.07) is 4.83. The smallest absolute Gasteiger partial charge is 0.337 e. The van der Waals surface area contributed by atoms with Crippen molar-refractivity contribution >= 4 is 14.0 Å². The van der Waals surface area contributed by atoms with Crippen molar-refractivity contribution in [1.29, 1.82) is 0 Å². The van der Waals surface area contributed by atoms with Crippen LogP contribution in [-0.4, -0.2) is 37.1 Å². The molecule has 0 aliphatic heterocycles. The predicted molar refractivity (Wildman–Crippen MR) is 101 cm³/mol. The number of esters is 1. The number of ether oxygens (including phenoxy) is 2. The summed E-state index contributed by atoms with van der Waals surface area (Å²) in [5.74, 6) is -1.16. The number of benzene rings is 1. The molecule has 0 bridgehead atoms. The SMILES string of the molecule is COC(=O)c1ccc(F)c(-c2cn(COCC[Si](C)(C)C)n(C)c2=O)c1. The number of halogens is 1. The number of rotatable bonds is 7. The highest BCUT2D eigenvalue weighted by Crippen LogP contribution is 2.22. The molecule has 0 saturated carbocycles. The van der Waals surface area contributed by atoms with E-state index in [4.69, 9.17) is 4.74 Å². The molecule has 0 aliphatic carbocycles. The molecule has 0 saturated heterocycles. The third kappa shape index (κ3) is 4.70. The van der Waals surface area contributed by atoms with Crippen LogP contribution in [0.15, 0.2) is 29.2 Å². The quantitative estimate of drug-likeness (QED) is 0.421. The van der Waals surface area contributed by atoms with Crippen molar-refractivity contribution in [3.8, 4) is 11.1 Å². The second-order valence-corrected chi connectivity index (χ2v) is 13.0. The van der Waals surface area contributed by atoms with Gasteiger partial charge in [0.1, 0.15) is 12.5 Å². The summed E-state index contributed by atoms with van der Waals surface area (Å²) in [6.07, 6.45) is 1.54. The zero-order chi connectivity index (χ0) is 19.5. The maximum Gasteiger partial charge on any atom is 0.337 e. The van der Waals surface area contributed by atoms with E-state index >= 15 is 0 Å². The molecule has 6 nitrogen and oxygen atoms in total. The maximum absolute atomic E-state index is 14.2. The van der Waals surface area contributed by atoms with Gasteiger partial charge in [0.2, 0.25) is 0 Å². The highest BCUT2D eigenvalue weighted by Gasteiger charge is 2.17. The average Bonchev–Trinajstić information content (AvgIpc) is 2.86. The van der Waals surface area contributed by atoms with Crippen LogP contribution in [0.1, 0.15) is 10.4 Å². The fraction of sp³-hybridized carbons (Fsp3) is 0.444. The van der Waals surface area contributed by atoms with Gasteiger partial charge in [-0.1, -0.05) is 19.6 Å². The molecule has 0 N–H and O–H groups in total. The summed E-state index contributed by atoms with van der Waals surface area (Å²) in [7, 11) is 1.65. The van der Waals surface area contributed by atoms with E-state index in [1.165, 1.54) is 30.1 Å². The molecule has 0 aliphatic rings. The van der Waals surface area contributed by atoms with Crippen molar-refractivity contribution < 1.29 is 18.7 Å². The van der Waals surface area contributed by atoms with E-state index in [-0.39, 0.29) is 29.0 Å². The van der Waals surface area contributed by atoms with Crippen LogP contribution in [0.5, 0.6) is 0 Å². The lowest BCUT2D eigenvalue weighted by molar-refractivity contribution is 0.0600. The standard InChI is InChI=1S/C18H25FN2O4Si/c1-20-17(22)15(11-21(20)12-25-8-9-26(3,4)5)14-10-13(18(23)24-2)6-7-16(14)19/h6-7,10-11H,8-9,12H2,1-5H3. The molecule has 0 fully saturated rings. The Morgan fingerprint density at radius 3 is 2.54 bits per heavy atom. The molecule has 0 unspecified atom stereocenters. The third-order valence-electron chi connectivity index (χ3n) is 4.09. The Labute approximate surface area is 153 Å².